The number of allylic oxidation sites excluding steroid dienone is 3. The molecule has 0 aliphatic heterocycles. The molecule has 0 radical (unpaired) electrons. The largest absolute Gasteiger partial charge is 0.394 e. The second-order valence-electron chi connectivity index (χ2n) is 22.5. The molecule has 3 N–H and O–H groups in total. The molecule has 1 amide bonds. The second kappa shape index (κ2) is 62.2. The van der Waals surface area contributed by atoms with Crippen molar-refractivity contribution < 1.29 is 15.0 Å². The van der Waals surface area contributed by atoms with Gasteiger partial charge in [0.05, 0.1) is 18.8 Å². The Morgan fingerprint density at radius 2 is 0.557 bits per heavy atom. The van der Waals surface area contributed by atoms with Crippen LogP contribution in [0.15, 0.2) is 24.3 Å². The monoisotopic (exact) mass is 984 g/mol. The average molecular weight is 985 g/mol. The minimum atomic E-state index is -0.860. The first kappa shape index (κ1) is 68.9. The van der Waals surface area contributed by atoms with E-state index in [4.69, 9.17) is 0 Å². The van der Waals surface area contributed by atoms with Crippen LogP contribution in [0, 0.1) is 0 Å². The molecule has 0 heterocycles. The van der Waals surface area contributed by atoms with Crippen LogP contribution in [0.3, 0.4) is 0 Å². The molecule has 0 fully saturated rings. The average Bonchev–Trinajstić information content (AvgIpc) is 3.36. The molecule has 0 aromatic heterocycles. The number of aliphatic hydroxyl groups excluding tert-OH is 2. The van der Waals surface area contributed by atoms with E-state index in [2.05, 4.69) is 31.3 Å². The summed E-state index contributed by atoms with van der Waals surface area (Å²) in [6, 6.07) is -0.637. The van der Waals surface area contributed by atoms with Crippen molar-refractivity contribution in [2.75, 3.05) is 6.61 Å². The Labute approximate surface area is 440 Å². The smallest absolute Gasteiger partial charge is 0.220 e. The van der Waals surface area contributed by atoms with Gasteiger partial charge in [-0.2, -0.15) is 0 Å². The Balaban J connectivity index is 3.42. The zero-order valence-corrected chi connectivity index (χ0v) is 48.1. The highest BCUT2D eigenvalue weighted by molar-refractivity contribution is 5.76. The van der Waals surface area contributed by atoms with E-state index in [1.165, 1.54) is 321 Å². The number of nitrogens with one attached hydrogen (secondary N) is 1. The molecule has 0 rings (SSSR count). The van der Waals surface area contributed by atoms with Crippen LogP contribution < -0.4 is 5.32 Å². The van der Waals surface area contributed by atoms with Gasteiger partial charge in [-0.1, -0.05) is 359 Å². The van der Waals surface area contributed by atoms with E-state index >= 15 is 0 Å². The highest BCUT2D eigenvalue weighted by Crippen LogP contribution is 2.19. The van der Waals surface area contributed by atoms with Gasteiger partial charge in [-0.05, 0) is 32.1 Å². The molecular formula is C66H129NO3. The van der Waals surface area contributed by atoms with Gasteiger partial charge in [-0.25, -0.2) is 0 Å². The molecule has 2 atom stereocenters. The Kier molecular flexibility index (Phi) is 61.2. The highest BCUT2D eigenvalue weighted by atomic mass is 16.3. The third kappa shape index (κ3) is 57.8. The molecule has 70 heavy (non-hydrogen) atoms. The van der Waals surface area contributed by atoms with Gasteiger partial charge >= 0.3 is 0 Å². The molecule has 0 aliphatic carbocycles. The second-order valence-corrected chi connectivity index (χ2v) is 22.5. The summed E-state index contributed by atoms with van der Waals surface area (Å²) in [7, 11) is 0. The molecule has 0 saturated heterocycles. The van der Waals surface area contributed by atoms with Crippen LogP contribution in [-0.2, 0) is 4.79 Å². The Bertz CT molecular complexity index is 1020. The van der Waals surface area contributed by atoms with E-state index in [0.717, 1.165) is 32.1 Å². The van der Waals surface area contributed by atoms with Crippen LogP contribution in [0.5, 0.6) is 0 Å². The first-order valence-electron chi connectivity index (χ1n) is 32.6. The van der Waals surface area contributed by atoms with Gasteiger partial charge in [-0.3, -0.25) is 4.79 Å². The molecule has 0 saturated carbocycles. The van der Waals surface area contributed by atoms with E-state index in [0.29, 0.717) is 6.42 Å². The lowest BCUT2D eigenvalue weighted by Gasteiger charge is -2.19. The van der Waals surface area contributed by atoms with Crippen LogP contribution in [0.1, 0.15) is 373 Å². The maximum absolute atomic E-state index is 12.5. The predicted octanol–water partition coefficient (Wildman–Crippen LogP) is 21.8. The maximum atomic E-state index is 12.5. The summed E-state index contributed by atoms with van der Waals surface area (Å²) in [5.41, 5.74) is 0. The SMILES string of the molecule is CCCCCCCCCCCCCCCCCCC/C=C/CC/C=C/C(O)C(CO)NC(=O)CCCCCCCCCCCCCCCCCCCCCCCCCCCCCCCCCCCCC. The lowest BCUT2D eigenvalue weighted by atomic mass is 10.0. The first-order chi connectivity index (χ1) is 34.7. The number of rotatable bonds is 61. The number of hydrogen-bond acceptors (Lipinski definition) is 3. The maximum Gasteiger partial charge on any atom is 0.220 e. The third-order valence-electron chi connectivity index (χ3n) is 15.4. The van der Waals surface area contributed by atoms with Gasteiger partial charge in [-0.15, -0.1) is 0 Å². The molecule has 2 unspecified atom stereocenters. The van der Waals surface area contributed by atoms with Gasteiger partial charge in [0.25, 0.3) is 0 Å². The molecule has 4 nitrogen and oxygen atoms in total. The molecule has 0 spiro atoms. The van der Waals surface area contributed by atoms with Gasteiger partial charge < -0.3 is 15.5 Å². The van der Waals surface area contributed by atoms with Crippen molar-refractivity contribution in [2.24, 2.45) is 0 Å². The topological polar surface area (TPSA) is 69.6 Å². The fraction of sp³-hybridized carbons (Fsp3) is 0.924. The summed E-state index contributed by atoms with van der Waals surface area (Å²) in [5.74, 6) is -0.0650. The predicted molar refractivity (Wildman–Crippen MR) is 313 cm³/mol. The van der Waals surface area contributed by atoms with Crippen molar-refractivity contribution in [1.29, 1.82) is 0 Å². The fourth-order valence-electron chi connectivity index (χ4n) is 10.5. The lowest BCUT2D eigenvalue weighted by Crippen LogP contribution is -2.45. The van der Waals surface area contributed by atoms with Gasteiger partial charge in [0.2, 0.25) is 5.91 Å². The number of hydrogen-bond donors (Lipinski definition) is 3. The Morgan fingerprint density at radius 3 is 0.829 bits per heavy atom. The normalized spacial score (nSPS) is 12.8. The van der Waals surface area contributed by atoms with E-state index < -0.39 is 12.1 Å². The van der Waals surface area contributed by atoms with E-state index in [1.54, 1.807) is 6.08 Å². The zero-order valence-electron chi connectivity index (χ0n) is 48.1. The molecule has 0 bridgehead atoms. The van der Waals surface area contributed by atoms with Crippen molar-refractivity contribution >= 4 is 5.91 Å². The Hall–Kier alpha value is -1.13. The summed E-state index contributed by atoms with van der Waals surface area (Å²) in [4.78, 5) is 12.5. The standard InChI is InChI=1S/C66H129NO3/c1-3-5-7-9-11-13-15-17-19-21-23-25-27-28-29-30-31-32-33-34-35-36-37-38-40-42-44-46-48-50-52-54-56-58-60-62-66(70)67-64(63-68)65(69)61-59-57-55-53-51-49-47-45-43-41-39-26-24-22-20-18-16-14-12-10-8-6-4-2/h51,53,59,61,64-65,68-69H,3-50,52,54-58,60,62-63H2,1-2H3,(H,67,70)/b53-51+,61-59+. The minimum absolute atomic E-state index is 0.0650. The molecule has 416 valence electrons. The number of unbranched alkanes of at least 4 members (excludes halogenated alkanes) is 52. The highest BCUT2D eigenvalue weighted by Gasteiger charge is 2.18. The number of aliphatic hydroxyl groups is 2. The third-order valence-corrected chi connectivity index (χ3v) is 15.4. The summed E-state index contributed by atoms with van der Waals surface area (Å²) >= 11 is 0. The van der Waals surface area contributed by atoms with Gasteiger partial charge in [0, 0.05) is 6.42 Å². The van der Waals surface area contributed by atoms with Crippen molar-refractivity contribution in [3.63, 3.8) is 0 Å². The number of carbonyl (C=O) groups is 1. The number of amides is 1. The van der Waals surface area contributed by atoms with Crippen LogP contribution in [0.25, 0.3) is 0 Å². The zero-order chi connectivity index (χ0) is 50.6. The van der Waals surface area contributed by atoms with E-state index in [1.807, 2.05) is 6.08 Å². The fourth-order valence-corrected chi connectivity index (χ4v) is 10.5. The summed E-state index contributed by atoms with van der Waals surface area (Å²) < 4.78 is 0. The molecule has 0 aromatic carbocycles. The molecule has 0 aliphatic rings. The van der Waals surface area contributed by atoms with Crippen molar-refractivity contribution in [2.45, 2.75) is 386 Å². The molecule has 0 aromatic rings. The quantitative estimate of drug-likeness (QED) is 0.0420. The van der Waals surface area contributed by atoms with Crippen LogP contribution >= 0.6 is 0 Å². The van der Waals surface area contributed by atoms with Crippen molar-refractivity contribution in [3.05, 3.63) is 24.3 Å². The summed E-state index contributed by atoms with van der Waals surface area (Å²) in [6.07, 6.45) is 84.0. The summed E-state index contributed by atoms with van der Waals surface area (Å²) in [5, 5.41) is 23.2. The molecular weight excluding hydrogens is 855 g/mol. The number of carbonyl (C=O) groups excluding carboxylic acids is 1. The minimum Gasteiger partial charge on any atom is -0.394 e. The lowest BCUT2D eigenvalue weighted by molar-refractivity contribution is -0.123. The first-order valence-corrected chi connectivity index (χ1v) is 32.6. The molecule has 4 heteroatoms. The van der Waals surface area contributed by atoms with Gasteiger partial charge in [0.1, 0.15) is 0 Å². The summed E-state index contributed by atoms with van der Waals surface area (Å²) in [6.45, 7) is 4.35. The van der Waals surface area contributed by atoms with Crippen molar-refractivity contribution in [1.82, 2.24) is 5.32 Å². The van der Waals surface area contributed by atoms with Crippen molar-refractivity contribution in [3.8, 4) is 0 Å². The Morgan fingerprint density at radius 1 is 0.329 bits per heavy atom. The van der Waals surface area contributed by atoms with Crippen LogP contribution in [0.4, 0.5) is 0 Å². The van der Waals surface area contributed by atoms with Crippen LogP contribution in [0.2, 0.25) is 0 Å². The van der Waals surface area contributed by atoms with Crippen LogP contribution in [-0.4, -0.2) is 34.9 Å². The van der Waals surface area contributed by atoms with E-state index in [-0.39, 0.29) is 12.5 Å². The van der Waals surface area contributed by atoms with Gasteiger partial charge in [0.15, 0.2) is 0 Å². The van der Waals surface area contributed by atoms with E-state index in [9.17, 15) is 15.0 Å².